The molecule has 1 N–H and O–H groups in total. The number of nitrogens with one attached hydrogen (secondary N) is 1. The fraction of sp³-hybridized carbons (Fsp3) is 0.571. The van der Waals surface area contributed by atoms with Crippen molar-refractivity contribution in [3.05, 3.63) is 29.8 Å². The van der Waals surface area contributed by atoms with E-state index in [1.807, 2.05) is 12.1 Å². The van der Waals surface area contributed by atoms with Gasteiger partial charge in [-0.15, -0.1) is 12.4 Å². The Morgan fingerprint density at radius 2 is 2.06 bits per heavy atom. The van der Waals surface area contributed by atoms with Gasteiger partial charge in [0, 0.05) is 32.2 Å². The summed E-state index contributed by atoms with van der Waals surface area (Å²) < 4.78 is 5.16. The summed E-state index contributed by atoms with van der Waals surface area (Å²) in [5.74, 6) is 0.935. The number of halogens is 1. The summed E-state index contributed by atoms with van der Waals surface area (Å²) in [5, 5.41) is 3.42. The maximum absolute atomic E-state index is 5.16. The summed E-state index contributed by atoms with van der Waals surface area (Å²) in [6.07, 6.45) is 1.12. The average Bonchev–Trinajstić information content (AvgIpc) is 2.38. The van der Waals surface area contributed by atoms with Crippen LogP contribution in [0.15, 0.2) is 24.3 Å². The number of ether oxygens (including phenoxy) is 1. The van der Waals surface area contributed by atoms with Gasteiger partial charge in [-0.25, -0.2) is 0 Å². The van der Waals surface area contributed by atoms with Crippen LogP contribution in [0.5, 0.6) is 5.75 Å². The lowest BCUT2D eigenvalue weighted by atomic mass is 10.1. The van der Waals surface area contributed by atoms with E-state index in [0.717, 1.165) is 38.3 Å². The molecule has 0 radical (unpaired) electrons. The van der Waals surface area contributed by atoms with E-state index in [9.17, 15) is 0 Å². The van der Waals surface area contributed by atoms with Crippen molar-refractivity contribution in [1.29, 1.82) is 0 Å². The highest BCUT2D eigenvalue weighted by Crippen LogP contribution is 2.12. The van der Waals surface area contributed by atoms with Gasteiger partial charge in [0.25, 0.3) is 0 Å². The molecule has 0 aromatic heterocycles. The van der Waals surface area contributed by atoms with E-state index in [1.165, 1.54) is 5.56 Å². The number of piperazine rings is 1. The van der Waals surface area contributed by atoms with Crippen molar-refractivity contribution in [3.63, 3.8) is 0 Å². The minimum Gasteiger partial charge on any atom is -0.497 e. The van der Waals surface area contributed by atoms with Gasteiger partial charge < -0.3 is 10.1 Å². The highest BCUT2D eigenvalue weighted by molar-refractivity contribution is 5.85. The number of hydrogen-bond acceptors (Lipinski definition) is 3. The summed E-state index contributed by atoms with van der Waals surface area (Å²) in [7, 11) is 1.71. The maximum Gasteiger partial charge on any atom is 0.118 e. The van der Waals surface area contributed by atoms with Crippen LogP contribution in [0, 0.1) is 0 Å². The van der Waals surface area contributed by atoms with E-state index in [1.54, 1.807) is 7.11 Å². The van der Waals surface area contributed by atoms with Crippen molar-refractivity contribution in [2.75, 3.05) is 33.3 Å². The molecule has 2 rings (SSSR count). The lowest BCUT2D eigenvalue weighted by molar-refractivity contribution is 0.176. The molecule has 0 aliphatic carbocycles. The van der Waals surface area contributed by atoms with E-state index in [0.29, 0.717) is 6.04 Å². The average molecular weight is 271 g/mol. The zero-order chi connectivity index (χ0) is 12.1. The molecule has 1 saturated heterocycles. The van der Waals surface area contributed by atoms with Crippen LogP contribution in [0.2, 0.25) is 0 Å². The van der Waals surface area contributed by atoms with Gasteiger partial charge in [0.15, 0.2) is 0 Å². The molecule has 1 heterocycles. The standard InChI is InChI=1S/C14H22N2O.ClH/c1-12-11-15-8-10-16(12)9-7-13-3-5-14(17-2)6-4-13;/h3-6,12,15H,7-11H2,1-2H3;1H. The second kappa shape index (κ2) is 7.62. The van der Waals surface area contributed by atoms with Crippen LogP contribution < -0.4 is 10.1 Å². The Balaban J connectivity index is 0.00000162. The molecule has 0 spiro atoms. The molecule has 18 heavy (non-hydrogen) atoms. The third kappa shape index (κ3) is 4.16. The monoisotopic (exact) mass is 270 g/mol. The summed E-state index contributed by atoms with van der Waals surface area (Å²) in [5.41, 5.74) is 1.39. The van der Waals surface area contributed by atoms with Gasteiger partial charge in [-0.3, -0.25) is 4.90 Å². The van der Waals surface area contributed by atoms with Gasteiger partial charge in [-0.1, -0.05) is 12.1 Å². The first kappa shape index (κ1) is 15.3. The van der Waals surface area contributed by atoms with Crippen molar-refractivity contribution < 1.29 is 4.74 Å². The second-order valence-corrected chi connectivity index (χ2v) is 4.69. The number of nitrogens with zero attached hydrogens (tertiary/aromatic N) is 1. The molecular formula is C14H23ClN2O. The molecule has 0 bridgehead atoms. The van der Waals surface area contributed by atoms with Gasteiger partial charge in [-0.2, -0.15) is 0 Å². The Hall–Kier alpha value is -0.770. The number of methoxy groups -OCH3 is 1. The van der Waals surface area contributed by atoms with Crippen molar-refractivity contribution in [1.82, 2.24) is 10.2 Å². The van der Waals surface area contributed by atoms with Crippen LogP contribution in [0.1, 0.15) is 12.5 Å². The lowest BCUT2D eigenvalue weighted by Gasteiger charge is -2.33. The van der Waals surface area contributed by atoms with E-state index >= 15 is 0 Å². The topological polar surface area (TPSA) is 24.5 Å². The minimum absolute atomic E-state index is 0. The first-order valence-electron chi connectivity index (χ1n) is 6.37. The van der Waals surface area contributed by atoms with Crippen LogP contribution in [0.3, 0.4) is 0 Å². The zero-order valence-electron chi connectivity index (χ0n) is 11.2. The Labute approximate surface area is 116 Å². The smallest absolute Gasteiger partial charge is 0.118 e. The van der Waals surface area contributed by atoms with Crippen LogP contribution in [0.4, 0.5) is 0 Å². The van der Waals surface area contributed by atoms with Crippen molar-refractivity contribution in [2.45, 2.75) is 19.4 Å². The summed E-state index contributed by atoms with van der Waals surface area (Å²) in [6.45, 7) is 6.84. The summed E-state index contributed by atoms with van der Waals surface area (Å²) in [4.78, 5) is 2.56. The molecule has 4 heteroatoms. The number of rotatable bonds is 4. The molecule has 1 aromatic carbocycles. The van der Waals surface area contributed by atoms with Crippen LogP contribution in [-0.2, 0) is 6.42 Å². The zero-order valence-corrected chi connectivity index (χ0v) is 12.0. The lowest BCUT2D eigenvalue weighted by Crippen LogP contribution is -2.50. The molecule has 1 unspecified atom stereocenters. The number of benzene rings is 1. The predicted molar refractivity (Wildman–Crippen MR) is 77.9 cm³/mol. The fourth-order valence-corrected chi connectivity index (χ4v) is 2.28. The molecule has 1 aliphatic heterocycles. The Morgan fingerprint density at radius 1 is 1.33 bits per heavy atom. The Bertz CT molecular complexity index is 342. The van der Waals surface area contributed by atoms with Crippen LogP contribution in [-0.4, -0.2) is 44.2 Å². The maximum atomic E-state index is 5.16. The molecule has 1 aromatic rings. The van der Waals surface area contributed by atoms with E-state index in [-0.39, 0.29) is 12.4 Å². The van der Waals surface area contributed by atoms with E-state index < -0.39 is 0 Å². The molecule has 1 fully saturated rings. The molecule has 1 aliphatic rings. The normalized spacial score (nSPS) is 20.2. The molecule has 0 saturated carbocycles. The SMILES string of the molecule is COc1ccc(CCN2CCNCC2C)cc1.Cl. The summed E-state index contributed by atoms with van der Waals surface area (Å²) in [6, 6.07) is 9.05. The third-order valence-electron chi connectivity index (χ3n) is 3.49. The Morgan fingerprint density at radius 3 is 2.67 bits per heavy atom. The predicted octanol–water partition coefficient (Wildman–Crippen LogP) is 1.95. The quantitative estimate of drug-likeness (QED) is 0.905. The first-order chi connectivity index (χ1) is 8.29. The summed E-state index contributed by atoms with van der Waals surface area (Å²) >= 11 is 0. The molecule has 0 amide bonds. The van der Waals surface area contributed by atoms with E-state index in [4.69, 9.17) is 4.74 Å². The minimum atomic E-state index is 0. The largest absolute Gasteiger partial charge is 0.497 e. The number of hydrogen-bond donors (Lipinski definition) is 1. The first-order valence-corrected chi connectivity index (χ1v) is 6.37. The van der Waals surface area contributed by atoms with Crippen LogP contribution in [0.25, 0.3) is 0 Å². The van der Waals surface area contributed by atoms with Crippen molar-refractivity contribution in [2.24, 2.45) is 0 Å². The van der Waals surface area contributed by atoms with Gasteiger partial charge in [0.2, 0.25) is 0 Å². The second-order valence-electron chi connectivity index (χ2n) is 4.69. The third-order valence-corrected chi connectivity index (χ3v) is 3.49. The van der Waals surface area contributed by atoms with Gasteiger partial charge in [0.1, 0.15) is 5.75 Å². The highest BCUT2D eigenvalue weighted by atomic mass is 35.5. The molecule has 102 valence electrons. The van der Waals surface area contributed by atoms with Crippen LogP contribution >= 0.6 is 12.4 Å². The van der Waals surface area contributed by atoms with Gasteiger partial charge >= 0.3 is 0 Å². The molecular weight excluding hydrogens is 248 g/mol. The molecule has 3 nitrogen and oxygen atoms in total. The molecule has 1 atom stereocenters. The van der Waals surface area contributed by atoms with Crippen molar-refractivity contribution in [3.8, 4) is 5.75 Å². The van der Waals surface area contributed by atoms with Crippen molar-refractivity contribution >= 4 is 12.4 Å². The fourth-order valence-electron chi connectivity index (χ4n) is 2.28. The van der Waals surface area contributed by atoms with Gasteiger partial charge in [0.05, 0.1) is 7.11 Å². The Kier molecular flexibility index (Phi) is 6.47. The van der Waals surface area contributed by atoms with E-state index in [2.05, 4.69) is 29.3 Å². The highest BCUT2D eigenvalue weighted by Gasteiger charge is 2.16. The van der Waals surface area contributed by atoms with Gasteiger partial charge in [-0.05, 0) is 31.0 Å².